The summed E-state index contributed by atoms with van der Waals surface area (Å²) in [5.74, 6) is -1.15. The van der Waals surface area contributed by atoms with Gasteiger partial charge in [0.05, 0.1) is 21.2 Å². The number of anilines is 1. The molecular weight excluding hydrogens is 376 g/mol. The van der Waals surface area contributed by atoms with Crippen molar-refractivity contribution in [2.24, 2.45) is 0 Å². The van der Waals surface area contributed by atoms with Gasteiger partial charge in [-0.05, 0) is 37.8 Å². The normalized spacial score (nSPS) is 20.0. The monoisotopic (exact) mass is 400 g/mol. The van der Waals surface area contributed by atoms with Gasteiger partial charge in [-0.15, -0.1) is 0 Å². The van der Waals surface area contributed by atoms with Crippen LogP contribution >= 0.6 is 11.6 Å². The molecule has 0 saturated carbocycles. The second-order valence-electron chi connectivity index (χ2n) is 6.97. The second kappa shape index (κ2) is 8.15. The maximum Gasteiger partial charge on any atom is 0.337 e. The molecule has 0 bridgehead atoms. The molecule has 0 spiro atoms. The lowest BCUT2D eigenvalue weighted by Crippen LogP contribution is -2.36. The number of hydrogen-bond acceptors (Lipinski definition) is 4. The van der Waals surface area contributed by atoms with E-state index < -0.39 is 16.0 Å². The topological polar surface area (TPSA) is 77.9 Å². The predicted octanol–water partition coefficient (Wildman–Crippen LogP) is 3.59. The van der Waals surface area contributed by atoms with Gasteiger partial charge in [0.1, 0.15) is 0 Å². The third kappa shape index (κ3) is 4.00. The first-order valence-corrected chi connectivity index (χ1v) is 11.0. The van der Waals surface area contributed by atoms with Gasteiger partial charge in [0.25, 0.3) is 0 Å². The highest BCUT2D eigenvalue weighted by atomic mass is 35.5. The molecule has 144 valence electrons. The Hall–Kier alpha value is -1.31. The minimum atomic E-state index is -3.73. The van der Waals surface area contributed by atoms with E-state index in [9.17, 15) is 18.3 Å². The van der Waals surface area contributed by atoms with Crippen LogP contribution in [0, 0.1) is 0 Å². The first-order chi connectivity index (χ1) is 12.4. The molecule has 2 aliphatic rings. The van der Waals surface area contributed by atoms with E-state index in [4.69, 9.17) is 11.6 Å². The molecular formula is C18H25ClN2O4S. The van der Waals surface area contributed by atoms with Crippen molar-refractivity contribution in [2.45, 2.75) is 49.8 Å². The van der Waals surface area contributed by atoms with E-state index in [1.807, 2.05) is 4.90 Å². The fourth-order valence-corrected chi connectivity index (χ4v) is 5.73. The van der Waals surface area contributed by atoms with Gasteiger partial charge in [0.2, 0.25) is 10.0 Å². The van der Waals surface area contributed by atoms with E-state index in [2.05, 4.69) is 0 Å². The standard InChI is InChI=1S/C18H25ClN2O4S/c19-16-13-14(26(24,25)21-10-6-3-7-11-21)12-15(18(22)23)17(16)20-8-4-1-2-5-9-20/h12-13H,1-11H2,(H,22,23). The number of rotatable bonds is 4. The van der Waals surface area contributed by atoms with Crippen molar-refractivity contribution in [2.75, 3.05) is 31.1 Å². The number of benzene rings is 1. The summed E-state index contributed by atoms with van der Waals surface area (Å²) in [5.41, 5.74) is 0.411. The average molecular weight is 401 g/mol. The zero-order chi connectivity index (χ0) is 18.7. The van der Waals surface area contributed by atoms with Crippen molar-refractivity contribution in [1.82, 2.24) is 4.31 Å². The maximum absolute atomic E-state index is 12.9. The van der Waals surface area contributed by atoms with Crippen LogP contribution in [0.4, 0.5) is 5.69 Å². The van der Waals surface area contributed by atoms with Crippen LogP contribution in [0.5, 0.6) is 0 Å². The number of carboxylic acids is 1. The summed E-state index contributed by atoms with van der Waals surface area (Å²) in [6.07, 6.45) is 6.83. The summed E-state index contributed by atoms with van der Waals surface area (Å²) < 4.78 is 27.3. The van der Waals surface area contributed by atoms with Gasteiger partial charge in [0, 0.05) is 26.2 Å². The molecule has 3 rings (SSSR count). The summed E-state index contributed by atoms with van der Waals surface area (Å²) in [6, 6.07) is 2.69. The fraction of sp³-hybridized carbons (Fsp3) is 0.611. The van der Waals surface area contributed by atoms with Gasteiger partial charge in [-0.3, -0.25) is 0 Å². The largest absolute Gasteiger partial charge is 0.478 e. The van der Waals surface area contributed by atoms with Crippen molar-refractivity contribution in [3.63, 3.8) is 0 Å². The van der Waals surface area contributed by atoms with Gasteiger partial charge < -0.3 is 10.0 Å². The van der Waals surface area contributed by atoms with Gasteiger partial charge in [-0.2, -0.15) is 4.31 Å². The molecule has 6 nitrogen and oxygen atoms in total. The third-order valence-corrected chi connectivity index (χ3v) is 7.31. The molecule has 2 fully saturated rings. The summed E-state index contributed by atoms with van der Waals surface area (Å²) in [6.45, 7) is 2.41. The van der Waals surface area contributed by atoms with Crippen molar-refractivity contribution < 1.29 is 18.3 Å². The zero-order valence-electron chi connectivity index (χ0n) is 14.8. The zero-order valence-corrected chi connectivity index (χ0v) is 16.4. The third-order valence-electron chi connectivity index (χ3n) is 5.14. The quantitative estimate of drug-likeness (QED) is 0.835. The summed E-state index contributed by atoms with van der Waals surface area (Å²) >= 11 is 6.42. The van der Waals surface area contributed by atoms with Crippen LogP contribution < -0.4 is 4.90 Å². The first-order valence-electron chi connectivity index (χ1n) is 9.23. The van der Waals surface area contributed by atoms with Gasteiger partial charge in [-0.1, -0.05) is 30.9 Å². The highest BCUT2D eigenvalue weighted by Gasteiger charge is 2.30. The van der Waals surface area contributed by atoms with Crippen LogP contribution in [0.3, 0.4) is 0 Å². The molecule has 1 N–H and O–H groups in total. The SMILES string of the molecule is O=C(O)c1cc(S(=O)(=O)N2CCCCC2)cc(Cl)c1N1CCCCCC1. The van der Waals surface area contributed by atoms with E-state index >= 15 is 0 Å². The van der Waals surface area contributed by atoms with Crippen molar-refractivity contribution >= 4 is 33.3 Å². The molecule has 2 aliphatic heterocycles. The molecule has 8 heteroatoms. The molecule has 0 aliphatic carbocycles. The van der Waals surface area contributed by atoms with E-state index in [-0.39, 0.29) is 15.5 Å². The maximum atomic E-state index is 12.9. The molecule has 2 heterocycles. The Balaban J connectivity index is 2.02. The molecule has 1 aromatic carbocycles. The van der Waals surface area contributed by atoms with Crippen LogP contribution in [-0.4, -0.2) is 50.0 Å². The minimum Gasteiger partial charge on any atom is -0.478 e. The summed E-state index contributed by atoms with van der Waals surface area (Å²) in [5, 5.41) is 9.89. The van der Waals surface area contributed by atoms with Crippen molar-refractivity contribution in [3.8, 4) is 0 Å². The van der Waals surface area contributed by atoms with Crippen LogP contribution in [0.2, 0.25) is 5.02 Å². The Labute approximate surface area is 159 Å². The summed E-state index contributed by atoms with van der Waals surface area (Å²) in [7, 11) is -3.73. The lowest BCUT2D eigenvalue weighted by atomic mass is 10.1. The highest BCUT2D eigenvalue weighted by Crippen LogP contribution is 2.35. The second-order valence-corrected chi connectivity index (χ2v) is 9.32. The molecule has 2 saturated heterocycles. The van der Waals surface area contributed by atoms with Gasteiger partial charge >= 0.3 is 5.97 Å². The van der Waals surface area contributed by atoms with Crippen LogP contribution in [0.1, 0.15) is 55.3 Å². The van der Waals surface area contributed by atoms with E-state index in [0.717, 1.165) is 58.0 Å². The summed E-state index contributed by atoms with van der Waals surface area (Å²) in [4.78, 5) is 13.8. The number of sulfonamides is 1. The Morgan fingerprint density at radius 2 is 1.46 bits per heavy atom. The molecule has 0 radical (unpaired) electrons. The number of aromatic carboxylic acids is 1. The Morgan fingerprint density at radius 1 is 0.923 bits per heavy atom. The predicted molar refractivity (Wildman–Crippen MR) is 102 cm³/mol. The molecule has 26 heavy (non-hydrogen) atoms. The fourth-order valence-electron chi connectivity index (χ4n) is 3.76. The van der Waals surface area contributed by atoms with Crippen molar-refractivity contribution in [3.05, 3.63) is 22.7 Å². The molecule has 0 atom stereocenters. The van der Waals surface area contributed by atoms with E-state index in [1.54, 1.807) is 0 Å². The lowest BCUT2D eigenvalue weighted by Gasteiger charge is -2.28. The number of halogens is 1. The van der Waals surface area contributed by atoms with Gasteiger partial charge in [-0.25, -0.2) is 13.2 Å². The minimum absolute atomic E-state index is 0.0274. The van der Waals surface area contributed by atoms with Gasteiger partial charge in [0.15, 0.2) is 0 Å². The lowest BCUT2D eigenvalue weighted by molar-refractivity contribution is 0.0697. The number of piperidine rings is 1. The molecule has 0 amide bonds. The van der Waals surface area contributed by atoms with Crippen LogP contribution in [-0.2, 0) is 10.0 Å². The van der Waals surface area contributed by atoms with Crippen LogP contribution in [0.15, 0.2) is 17.0 Å². The van der Waals surface area contributed by atoms with E-state index in [0.29, 0.717) is 18.8 Å². The average Bonchev–Trinajstić information content (AvgIpc) is 2.90. The highest BCUT2D eigenvalue weighted by molar-refractivity contribution is 7.89. The van der Waals surface area contributed by atoms with E-state index in [1.165, 1.54) is 16.4 Å². The van der Waals surface area contributed by atoms with Crippen LogP contribution in [0.25, 0.3) is 0 Å². The number of nitrogens with zero attached hydrogens (tertiary/aromatic N) is 2. The Bertz CT molecular complexity index is 768. The smallest absolute Gasteiger partial charge is 0.337 e. The Kier molecular flexibility index (Phi) is 6.10. The first kappa shape index (κ1) is 19.5. The molecule has 0 aromatic heterocycles. The number of carboxylic acid groups (broad SMARTS) is 1. The van der Waals surface area contributed by atoms with Crippen molar-refractivity contribution in [1.29, 1.82) is 0 Å². The Morgan fingerprint density at radius 3 is 2.04 bits per heavy atom. The number of hydrogen-bond donors (Lipinski definition) is 1. The number of carbonyl (C=O) groups is 1. The molecule has 1 aromatic rings. The molecule has 0 unspecified atom stereocenters.